The van der Waals surface area contributed by atoms with Crippen molar-refractivity contribution < 1.29 is 18.5 Å². The number of aryl methyl sites for hydroxylation is 3. The van der Waals surface area contributed by atoms with Gasteiger partial charge in [0.2, 0.25) is 5.91 Å². The fourth-order valence-electron chi connectivity index (χ4n) is 2.40. The van der Waals surface area contributed by atoms with Crippen LogP contribution in [0.3, 0.4) is 0 Å². The average Bonchev–Trinajstić information content (AvgIpc) is 2.90. The second-order valence-corrected chi connectivity index (χ2v) is 5.87. The highest BCUT2D eigenvalue weighted by Crippen LogP contribution is 2.14. The average molecular weight is 347 g/mol. The van der Waals surface area contributed by atoms with Crippen LogP contribution in [0.2, 0.25) is 0 Å². The van der Waals surface area contributed by atoms with Crippen molar-refractivity contribution in [2.45, 2.75) is 33.6 Å². The molecule has 0 saturated carbocycles. The molecule has 2 rings (SSSR count). The van der Waals surface area contributed by atoms with E-state index in [9.17, 15) is 14.0 Å². The topological polar surface area (TPSA) is 84.2 Å². The summed E-state index contributed by atoms with van der Waals surface area (Å²) < 4.78 is 18.5. The Morgan fingerprint density at radius 2 is 1.88 bits per heavy atom. The molecule has 2 amide bonds. The zero-order valence-electron chi connectivity index (χ0n) is 14.6. The van der Waals surface area contributed by atoms with Crippen LogP contribution in [0.5, 0.6) is 0 Å². The first-order chi connectivity index (χ1) is 11.9. The predicted molar refractivity (Wildman–Crippen MR) is 90.8 cm³/mol. The zero-order valence-corrected chi connectivity index (χ0v) is 14.6. The molecule has 0 atom stereocenters. The molecular weight excluding hydrogens is 325 g/mol. The van der Waals surface area contributed by atoms with Gasteiger partial charge in [-0.1, -0.05) is 11.2 Å². The molecular formula is C18H22FN3O3. The Balaban J connectivity index is 1.69. The van der Waals surface area contributed by atoms with E-state index in [-0.39, 0.29) is 23.9 Å². The summed E-state index contributed by atoms with van der Waals surface area (Å²) in [6.45, 7) is 5.87. The normalized spacial score (nSPS) is 10.6. The number of rotatable bonds is 7. The molecule has 0 radical (unpaired) electrons. The van der Waals surface area contributed by atoms with Gasteiger partial charge in [-0.25, -0.2) is 4.39 Å². The number of nitrogens with zero attached hydrogens (tertiary/aromatic N) is 1. The van der Waals surface area contributed by atoms with Gasteiger partial charge < -0.3 is 15.2 Å². The predicted octanol–water partition coefficient (Wildman–Crippen LogP) is 2.22. The summed E-state index contributed by atoms with van der Waals surface area (Å²) in [5, 5.41) is 9.22. The van der Waals surface area contributed by atoms with Crippen molar-refractivity contribution in [3.8, 4) is 0 Å². The molecule has 1 heterocycles. The van der Waals surface area contributed by atoms with Crippen LogP contribution in [0, 0.1) is 26.6 Å². The second kappa shape index (κ2) is 8.41. The van der Waals surface area contributed by atoms with Crippen molar-refractivity contribution >= 4 is 11.8 Å². The monoisotopic (exact) mass is 347 g/mol. The molecule has 0 aliphatic heterocycles. The van der Waals surface area contributed by atoms with E-state index in [1.165, 1.54) is 6.07 Å². The van der Waals surface area contributed by atoms with E-state index in [0.717, 1.165) is 17.0 Å². The van der Waals surface area contributed by atoms with Gasteiger partial charge in [0, 0.05) is 30.6 Å². The van der Waals surface area contributed by atoms with E-state index in [0.29, 0.717) is 24.9 Å². The van der Waals surface area contributed by atoms with Gasteiger partial charge in [0.05, 0.1) is 5.69 Å². The number of hydrogen-bond donors (Lipinski definition) is 2. The first-order valence-corrected chi connectivity index (χ1v) is 8.11. The molecule has 0 bridgehead atoms. The Hall–Kier alpha value is -2.70. The van der Waals surface area contributed by atoms with Gasteiger partial charge >= 0.3 is 0 Å². The van der Waals surface area contributed by atoms with Crippen molar-refractivity contribution in [1.29, 1.82) is 0 Å². The smallest absolute Gasteiger partial charge is 0.251 e. The van der Waals surface area contributed by atoms with Crippen LogP contribution in [0.25, 0.3) is 0 Å². The first-order valence-electron chi connectivity index (χ1n) is 8.11. The summed E-state index contributed by atoms with van der Waals surface area (Å²) in [4.78, 5) is 23.7. The molecule has 2 aromatic rings. The van der Waals surface area contributed by atoms with Gasteiger partial charge in [-0.2, -0.15) is 0 Å². The van der Waals surface area contributed by atoms with Gasteiger partial charge in [-0.05, 0) is 44.9 Å². The van der Waals surface area contributed by atoms with Crippen LogP contribution in [-0.2, 0) is 11.2 Å². The number of halogens is 1. The van der Waals surface area contributed by atoms with E-state index in [1.807, 2.05) is 13.8 Å². The van der Waals surface area contributed by atoms with Crippen LogP contribution in [0.15, 0.2) is 22.7 Å². The van der Waals surface area contributed by atoms with Crippen molar-refractivity contribution in [1.82, 2.24) is 15.8 Å². The summed E-state index contributed by atoms with van der Waals surface area (Å²) in [6, 6.07) is 4.32. The van der Waals surface area contributed by atoms with Gasteiger partial charge in [-0.3, -0.25) is 9.59 Å². The fourth-order valence-corrected chi connectivity index (χ4v) is 2.40. The molecule has 0 aliphatic carbocycles. The lowest BCUT2D eigenvalue weighted by atomic mass is 10.1. The summed E-state index contributed by atoms with van der Waals surface area (Å²) in [5.74, 6) is -0.178. The maximum Gasteiger partial charge on any atom is 0.251 e. The molecule has 0 unspecified atom stereocenters. The molecule has 25 heavy (non-hydrogen) atoms. The van der Waals surface area contributed by atoms with Crippen LogP contribution in [0.4, 0.5) is 4.39 Å². The summed E-state index contributed by atoms with van der Waals surface area (Å²) >= 11 is 0. The van der Waals surface area contributed by atoms with Crippen LogP contribution in [0.1, 0.15) is 39.4 Å². The van der Waals surface area contributed by atoms with Crippen molar-refractivity contribution in [2.24, 2.45) is 0 Å². The van der Waals surface area contributed by atoms with Gasteiger partial charge in [0.1, 0.15) is 11.6 Å². The van der Waals surface area contributed by atoms with Gasteiger partial charge in [0.25, 0.3) is 5.91 Å². The van der Waals surface area contributed by atoms with Crippen LogP contribution in [-0.4, -0.2) is 30.1 Å². The molecule has 134 valence electrons. The molecule has 2 N–H and O–H groups in total. The van der Waals surface area contributed by atoms with E-state index < -0.39 is 5.82 Å². The standard InChI is InChI=1S/C18H22FN3O3/c1-11-4-5-14(10-16(11)19)18(24)21-9-8-20-17(23)7-6-15-12(2)22-25-13(15)3/h4-5,10H,6-9H2,1-3H3,(H,20,23)(H,21,24). The lowest BCUT2D eigenvalue weighted by molar-refractivity contribution is -0.121. The quantitative estimate of drug-likeness (QED) is 0.752. The SMILES string of the molecule is Cc1ccc(C(=O)NCCNC(=O)CCc2c(C)noc2C)cc1F. The number of hydrogen-bond acceptors (Lipinski definition) is 4. The van der Waals surface area contributed by atoms with E-state index in [4.69, 9.17) is 4.52 Å². The maximum atomic E-state index is 13.4. The highest BCUT2D eigenvalue weighted by molar-refractivity contribution is 5.94. The molecule has 6 nitrogen and oxygen atoms in total. The lowest BCUT2D eigenvalue weighted by Crippen LogP contribution is -2.34. The number of amides is 2. The number of carbonyl (C=O) groups is 2. The Morgan fingerprint density at radius 3 is 2.52 bits per heavy atom. The highest BCUT2D eigenvalue weighted by Gasteiger charge is 2.11. The third kappa shape index (κ3) is 5.14. The van der Waals surface area contributed by atoms with Gasteiger partial charge in [-0.15, -0.1) is 0 Å². The molecule has 1 aromatic carbocycles. The summed E-state index contributed by atoms with van der Waals surface area (Å²) in [7, 11) is 0. The minimum absolute atomic E-state index is 0.115. The van der Waals surface area contributed by atoms with Crippen LogP contribution < -0.4 is 10.6 Å². The number of benzene rings is 1. The minimum atomic E-state index is -0.416. The van der Waals surface area contributed by atoms with Crippen molar-refractivity contribution in [2.75, 3.05) is 13.1 Å². The Bertz CT molecular complexity index is 751. The summed E-state index contributed by atoms with van der Waals surface area (Å²) in [5.41, 5.74) is 2.49. The third-order valence-corrected chi connectivity index (χ3v) is 3.95. The number of carbonyl (C=O) groups excluding carboxylic acids is 2. The van der Waals surface area contributed by atoms with E-state index in [2.05, 4.69) is 15.8 Å². The Morgan fingerprint density at radius 1 is 1.16 bits per heavy atom. The molecule has 0 saturated heterocycles. The lowest BCUT2D eigenvalue weighted by Gasteiger charge is -2.08. The van der Waals surface area contributed by atoms with E-state index in [1.54, 1.807) is 19.1 Å². The molecule has 0 spiro atoms. The Labute approximate surface area is 145 Å². The minimum Gasteiger partial charge on any atom is -0.361 e. The van der Waals surface area contributed by atoms with Crippen LogP contribution >= 0.6 is 0 Å². The fraction of sp³-hybridized carbons (Fsp3) is 0.389. The largest absolute Gasteiger partial charge is 0.361 e. The first kappa shape index (κ1) is 18.6. The number of nitrogens with one attached hydrogen (secondary N) is 2. The molecule has 1 aromatic heterocycles. The molecule has 0 fully saturated rings. The van der Waals surface area contributed by atoms with Crippen molar-refractivity contribution in [3.63, 3.8) is 0 Å². The summed E-state index contributed by atoms with van der Waals surface area (Å²) in [6.07, 6.45) is 0.877. The highest BCUT2D eigenvalue weighted by atomic mass is 19.1. The zero-order chi connectivity index (χ0) is 18.4. The van der Waals surface area contributed by atoms with E-state index >= 15 is 0 Å². The second-order valence-electron chi connectivity index (χ2n) is 5.87. The Kier molecular flexibility index (Phi) is 6.27. The van der Waals surface area contributed by atoms with Crippen molar-refractivity contribution in [3.05, 3.63) is 52.2 Å². The van der Waals surface area contributed by atoms with Gasteiger partial charge in [0.15, 0.2) is 0 Å². The third-order valence-electron chi connectivity index (χ3n) is 3.95. The molecule has 7 heteroatoms. The number of aromatic nitrogens is 1. The maximum absolute atomic E-state index is 13.4. The molecule has 0 aliphatic rings.